The first-order valence-corrected chi connectivity index (χ1v) is 12.7. The molecule has 0 saturated heterocycles. The minimum Gasteiger partial charge on any atom is -0.225 e. The summed E-state index contributed by atoms with van der Waals surface area (Å²) in [4.78, 5) is 0. The number of hydrogen-bond donors (Lipinski definition) is 0. The van der Waals surface area contributed by atoms with Crippen LogP contribution in [0.3, 0.4) is 0 Å². The molecule has 4 aromatic carbocycles. The summed E-state index contributed by atoms with van der Waals surface area (Å²) in [6, 6.07) is 33.4. The third kappa shape index (κ3) is 3.70. The van der Waals surface area contributed by atoms with Gasteiger partial charge in [0.15, 0.2) is 0 Å². The van der Waals surface area contributed by atoms with Gasteiger partial charge in [0.05, 0.1) is 5.56 Å². The van der Waals surface area contributed by atoms with Crippen molar-refractivity contribution in [1.29, 1.82) is 0 Å². The van der Waals surface area contributed by atoms with Crippen LogP contribution in [0.2, 0.25) is 0 Å². The van der Waals surface area contributed by atoms with Gasteiger partial charge >= 0.3 is 0 Å². The fourth-order valence-electron chi connectivity index (χ4n) is 5.42. The summed E-state index contributed by atoms with van der Waals surface area (Å²) in [6.07, 6.45) is 5.51. The molecule has 0 unspecified atom stereocenters. The standard InChI is InChI=1S/C33H31N2/c1-4-24-11-10-15-26(19-24)31-21-28(25-12-6-5-7-13-25)20-30(23(2)3)32(31)35-18-17-34-22-27-14-8-9-16-29(27)33(34)35/h5-21,23H,4,22H2,1-3H3/q+1. The van der Waals surface area contributed by atoms with Gasteiger partial charge in [-0.1, -0.05) is 93.6 Å². The summed E-state index contributed by atoms with van der Waals surface area (Å²) in [6.45, 7) is 7.78. The molecular weight excluding hydrogens is 424 g/mol. The number of rotatable bonds is 5. The lowest BCUT2D eigenvalue weighted by Crippen LogP contribution is -2.30. The fraction of sp³-hybridized carbons (Fsp3) is 0.182. The molecular formula is C33H31N2+. The number of aromatic nitrogens is 2. The summed E-state index contributed by atoms with van der Waals surface area (Å²) in [5.41, 5.74) is 11.8. The lowest BCUT2D eigenvalue weighted by Gasteiger charge is -2.19. The molecule has 2 heterocycles. The van der Waals surface area contributed by atoms with Crippen LogP contribution in [0, 0.1) is 0 Å². The second-order valence-electron chi connectivity index (χ2n) is 9.81. The molecule has 0 radical (unpaired) electrons. The number of hydrogen-bond acceptors (Lipinski definition) is 0. The molecule has 0 fully saturated rings. The lowest BCUT2D eigenvalue weighted by atomic mass is 9.89. The van der Waals surface area contributed by atoms with Crippen molar-refractivity contribution in [2.75, 3.05) is 0 Å². The molecule has 172 valence electrons. The lowest BCUT2D eigenvalue weighted by molar-refractivity contribution is -0.671. The Kier molecular flexibility index (Phi) is 5.37. The molecule has 1 aliphatic heterocycles. The van der Waals surface area contributed by atoms with E-state index in [0.29, 0.717) is 5.92 Å². The van der Waals surface area contributed by atoms with Crippen LogP contribution >= 0.6 is 0 Å². The minimum atomic E-state index is 0.376. The summed E-state index contributed by atoms with van der Waals surface area (Å²) < 4.78 is 4.82. The zero-order chi connectivity index (χ0) is 23.9. The van der Waals surface area contributed by atoms with E-state index in [2.05, 4.69) is 133 Å². The normalized spacial score (nSPS) is 12.1. The van der Waals surface area contributed by atoms with Crippen LogP contribution in [0.15, 0.2) is 103 Å². The van der Waals surface area contributed by atoms with E-state index in [0.717, 1.165) is 13.0 Å². The zero-order valence-corrected chi connectivity index (χ0v) is 20.7. The number of benzene rings is 4. The second kappa shape index (κ2) is 8.70. The molecule has 0 amide bonds. The Morgan fingerprint density at radius 1 is 0.771 bits per heavy atom. The molecule has 0 spiro atoms. The molecule has 0 N–H and O–H groups in total. The Hall–Kier alpha value is -3.91. The molecule has 0 bridgehead atoms. The SMILES string of the molecule is CCc1cccc(-c2cc(-c3ccccc3)cc(C(C)C)c2-n2cc[n+]3c2-c2ccccc2C3)c1. The molecule has 1 aliphatic rings. The van der Waals surface area contributed by atoms with Crippen molar-refractivity contribution in [3.63, 3.8) is 0 Å². The minimum absolute atomic E-state index is 0.376. The van der Waals surface area contributed by atoms with Crippen molar-refractivity contribution in [2.45, 2.75) is 39.7 Å². The third-order valence-corrected chi connectivity index (χ3v) is 7.25. The van der Waals surface area contributed by atoms with Crippen molar-refractivity contribution in [1.82, 2.24) is 4.57 Å². The quantitative estimate of drug-likeness (QED) is 0.234. The maximum absolute atomic E-state index is 2.43. The fourth-order valence-corrected chi connectivity index (χ4v) is 5.42. The van der Waals surface area contributed by atoms with Gasteiger partial charge in [-0.05, 0) is 52.8 Å². The summed E-state index contributed by atoms with van der Waals surface area (Å²) >= 11 is 0. The monoisotopic (exact) mass is 455 g/mol. The Labute approximate surface area is 208 Å². The van der Waals surface area contributed by atoms with Gasteiger partial charge in [-0.2, -0.15) is 4.57 Å². The van der Waals surface area contributed by atoms with E-state index in [-0.39, 0.29) is 0 Å². The van der Waals surface area contributed by atoms with Gasteiger partial charge in [0, 0.05) is 16.7 Å². The van der Waals surface area contributed by atoms with Crippen LogP contribution in [-0.2, 0) is 13.0 Å². The molecule has 0 aliphatic carbocycles. The molecule has 35 heavy (non-hydrogen) atoms. The average Bonchev–Trinajstić information content (AvgIpc) is 3.48. The maximum Gasteiger partial charge on any atom is 0.294 e. The van der Waals surface area contributed by atoms with Crippen LogP contribution in [0.4, 0.5) is 0 Å². The number of fused-ring (bicyclic) bond motifs is 3. The molecule has 0 saturated carbocycles. The van der Waals surface area contributed by atoms with Gasteiger partial charge in [0.25, 0.3) is 5.82 Å². The highest BCUT2D eigenvalue weighted by atomic mass is 15.2. The van der Waals surface area contributed by atoms with Crippen molar-refractivity contribution in [3.05, 3.63) is 120 Å². The van der Waals surface area contributed by atoms with Crippen LogP contribution in [0.5, 0.6) is 0 Å². The molecule has 5 aromatic rings. The topological polar surface area (TPSA) is 8.81 Å². The van der Waals surface area contributed by atoms with Crippen molar-refractivity contribution >= 4 is 0 Å². The largest absolute Gasteiger partial charge is 0.294 e. The first kappa shape index (κ1) is 21.6. The highest BCUT2D eigenvalue weighted by molar-refractivity contribution is 5.83. The summed E-state index contributed by atoms with van der Waals surface area (Å²) in [7, 11) is 0. The van der Waals surface area contributed by atoms with E-state index in [1.807, 2.05) is 0 Å². The summed E-state index contributed by atoms with van der Waals surface area (Å²) in [5, 5.41) is 0. The Morgan fingerprint density at radius 3 is 2.34 bits per heavy atom. The second-order valence-corrected chi connectivity index (χ2v) is 9.81. The Morgan fingerprint density at radius 2 is 1.54 bits per heavy atom. The first-order chi connectivity index (χ1) is 17.1. The molecule has 1 aromatic heterocycles. The zero-order valence-electron chi connectivity index (χ0n) is 20.7. The van der Waals surface area contributed by atoms with E-state index in [1.165, 1.54) is 56.0 Å². The Bertz CT molecular complexity index is 1520. The molecule has 0 atom stereocenters. The van der Waals surface area contributed by atoms with Crippen LogP contribution in [0.1, 0.15) is 43.4 Å². The van der Waals surface area contributed by atoms with Gasteiger partial charge in [-0.25, -0.2) is 4.57 Å². The van der Waals surface area contributed by atoms with Gasteiger partial charge < -0.3 is 0 Å². The number of aryl methyl sites for hydroxylation is 1. The van der Waals surface area contributed by atoms with Crippen molar-refractivity contribution in [3.8, 4) is 39.3 Å². The van der Waals surface area contributed by atoms with Crippen LogP contribution in [-0.4, -0.2) is 4.57 Å². The van der Waals surface area contributed by atoms with Gasteiger partial charge in [0.1, 0.15) is 24.6 Å². The first-order valence-electron chi connectivity index (χ1n) is 12.7. The van der Waals surface area contributed by atoms with Crippen LogP contribution in [0.25, 0.3) is 39.3 Å². The number of imidazole rings is 1. The van der Waals surface area contributed by atoms with E-state index < -0.39 is 0 Å². The van der Waals surface area contributed by atoms with E-state index in [4.69, 9.17) is 0 Å². The van der Waals surface area contributed by atoms with E-state index in [1.54, 1.807) is 0 Å². The van der Waals surface area contributed by atoms with Crippen molar-refractivity contribution in [2.24, 2.45) is 0 Å². The van der Waals surface area contributed by atoms with Crippen molar-refractivity contribution < 1.29 is 4.57 Å². The molecule has 2 nitrogen and oxygen atoms in total. The van der Waals surface area contributed by atoms with Gasteiger partial charge in [-0.3, -0.25) is 0 Å². The predicted molar refractivity (Wildman–Crippen MR) is 145 cm³/mol. The molecule has 6 rings (SSSR count). The highest BCUT2D eigenvalue weighted by Gasteiger charge is 2.32. The Balaban J connectivity index is 1.68. The van der Waals surface area contributed by atoms with Gasteiger partial charge in [0.2, 0.25) is 0 Å². The maximum atomic E-state index is 2.43. The smallest absolute Gasteiger partial charge is 0.225 e. The number of nitrogens with zero attached hydrogens (tertiary/aromatic N) is 2. The van der Waals surface area contributed by atoms with Gasteiger partial charge in [-0.15, -0.1) is 0 Å². The van der Waals surface area contributed by atoms with Crippen LogP contribution < -0.4 is 4.57 Å². The molecule has 2 heteroatoms. The predicted octanol–water partition coefficient (Wildman–Crippen LogP) is 7.81. The third-order valence-electron chi connectivity index (χ3n) is 7.25. The summed E-state index contributed by atoms with van der Waals surface area (Å²) in [5.74, 6) is 1.64. The average molecular weight is 456 g/mol. The van der Waals surface area contributed by atoms with E-state index >= 15 is 0 Å². The highest BCUT2D eigenvalue weighted by Crippen LogP contribution is 2.40. The van der Waals surface area contributed by atoms with E-state index in [9.17, 15) is 0 Å².